The lowest BCUT2D eigenvalue weighted by molar-refractivity contribution is 0.218. The van der Waals surface area contributed by atoms with Crippen LogP contribution < -0.4 is 5.32 Å². The molecule has 0 saturated heterocycles. The summed E-state index contributed by atoms with van der Waals surface area (Å²) in [7, 11) is 3.73. The van der Waals surface area contributed by atoms with Crippen molar-refractivity contribution in [1.82, 2.24) is 5.32 Å². The Kier molecular flexibility index (Phi) is 7.58. The second-order valence-electron chi connectivity index (χ2n) is 2.26. The van der Waals surface area contributed by atoms with E-state index in [0.717, 1.165) is 12.4 Å². The predicted octanol–water partition coefficient (Wildman–Crippen LogP) is 0.974. The summed E-state index contributed by atoms with van der Waals surface area (Å²) >= 11 is 1.92. The van der Waals surface area contributed by atoms with Crippen LogP contribution in [0.15, 0.2) is 0 Å². The molecule has 1 atom stereocenters. The zero-order valence-electron chi connectivity index (χ0n) is 7.02. The lowest BCUT2D eigenvalue weighted by Gasteiger charge is -2.08. The Morgan fingerprint density at radius 3 is 2.80 bits per heavy atom. The standard InChI is InChI=1S/C7H17NOS/c1-7(8-2)6-10-5-4-9-3/h7-8H,4-6H2,1-3H3. The Labute approximate surface area is 67.7 Å². The molecule has 0 fully saturated rings. The van der Waals surface area contributed by atoms with Crippen LogP contribution in [0.5, 0.6) is 0 Å². The molecule has 1 unspecified atom stereocenters. The number of hydrogen-bond acceptors (Lipinski definition) is 3. The van der Waals surface area contributed by atoms with E-state index in [9.17, 15) is 0 Å². The predicted molar refractivity (Wildman–Crippen MR) is 47.7 cm³/mol. The van der Waals surface area contributed by atoms with Crippen molar-refractivity contribution in [2.75, 3.05) is 32.3 Å². The minimum atomic E-state index is 0.613. The summed E-state index contributed by atoms with van der Waals surface area (Å²) in [5.41, 5.74) is 0. The van der Waals surface area contributed by atoms with Gasteiger partial charge in [-0.15, -0.1) is 0 Å². The molecule has 0 aromatic carbocycles. The topological polar surface area (TPSA) is 21.3 Å². The number of ether oxygens (including phenoxy) is 1. The fraction of sp³-hybridized carbons (Fsp3) is 1.00. The van der Waals surface area contributed by atoms with Crippen molar-refractivity contribution < 1.29 is 4.74 Å². The molecule has 0 saturated carbocycles. The lowest BCUT2D eigenvalue weighted by atomic mass is 10.4. The molecule has 0 aliphatic rings. The molecule has 0 aromatic heterocycles. The van der Waals surface area contributed by atoms with Gasteiger partial charge in [0.15, 0.2) is 0 Å². The maximum atomic E-state index is 4.92. The number of rotatable bonds is 6. The summed E-state index contributed by atoms with van der Waals surface area (Å²) in [5, 5.41) is 3.18. The number of thioether (sulfide) groups is 1. The van der Waals surface area contributed by atoms with E-state index in [-0.39, 0.29) is 0 Å². The molecule has 0 bridgehead atoms. The molecule has 2 nitrogen and oxygen atoms in total. The first-order chi connectivity index (χ1) is 4.81. The number of hydrogen-bond donors (Lipinski definition) is 1. The van der Waals surface area contributed by atoms with Crippen LogP contribution in [0.25, 0.3) is 0 Å². The molecule has 0 aromatic rings. The Morgan fingerprint density at radius 1 is 1.60 bits per heavy atom. The monoisotopic (exact) mass is 163 g/mol. The summed E-state index contributed by atoms with van der Waals surface area (Å²) in [6, 6.07) is 0.613. The van der Waals surface area contributed by atoms with Crippen LogP contribution in [-0.2, 0) is 4.74 Å². The molecule has 0 aliphatic heterocycles. The highest BCUT2D eigenvalue weighted by Crippen LogP contribution is 2.01. The summed E-state index contributed by atoms with van der Waals surface area (Å²) in [6.45, 7) is 3.04. The quantitative estimate of drug-likeness (QED) is 0.590. The first kappa shape index (κ1) is 10.3. The van der Waals surface area contributed by atoms with Crippen LogP contribution in [0.1, 0.15) is 6.92 Å². The van der Waals surface area contributed by atoms with Gasteiger partial charge in [0.1, 0.15) is 0 Å². The van der Waals surface area contributed by atoms with Crippen molar-refractivity contribution in [2.45, 2.75) is 13.0 Å². The van der Waals surface area contributed by atoms with Crippen molar-refractivity contribution in [3.63, 3.8) is 0 Å². The minimum absolute atomic E-state index is 0.613. The van der Waals surface area contributed by atoms with Crippen LogP contribution in [-0.4, -0.2) is 38.3 Å². The lowest BCUT2D eigenvalue weighted by Crippen LogP contribution is -2.23. The summed E-state index contributed by atoms with van der Waals surface area (Å²) in [6.07, 6.45) is 0. The van der Waals surface area contributed by atoms with E-state index in [4.69, 9.17) is 4.74 Å². The highest BCUT2D eigenvalue weighted by atomic mass is 32.2. The van der Waals surface area contributed by atoms with E-state index in [1.54, 1.807) is 7.11 Å². The van der Waals surface area contributed by atoms with Gasteiger partial charge in [0.25, 0.3) is 0 Å². The van der Waals surface area contributed by atoms with Gasteiger partial charge in [-0.2, -0.15) is 11.8 Å². The van der Waals surface area contributed by atoms with Crippen molar-refractivity contribution in [3.8, 4) is 0 Å². The van der Waals surface area contributed by atoms with Crippen molar-refractivity contribution >= 4 is 11.8 Å². The molecule has 62 valence electrons. The zero-order chi connectivity index (χ0) is 7.82. The summed E-state index contributed by atoms with van der Waals surface area (Å²) in [4.78, 5) is 0. The van der Waals surface area contributed by atoms with E-state index in [0.29, 0.717) is 6.04 Å². The summed E-state index contributed by atoms with van der Waals surface area (Å²) < 4.78 is 4.92. The highest BCUT2D eigenvalue weighted by molar-refractivity contribution is 7.99. The second-order valence-corrected chi connectivity index (χ2v) is 3.41. The third-order valence-corrected chi connectivity index (χ3v) is 2.48. The summed E-state index contributed by atoms with van der Waals surface area (Å²) in [5.74, 6) is 2.27. The second kappa shape index (κ2) is 7.38. The van der Waals surface area contributed by atoms with Gasteiger partial charge >= 0.3 is 0 Å². The number of methoxy groups -OCH3 is 1. The van der Waals surface area contributed by atoms with Gasteiger partial charge in [0.05, 0.1) is 6.61 Å². The van der Waals surface area contributed by atoms with E-state index in [1.165, 1.54) is 5.75 Å². The van der Waals surface area contributed by atoms with Crippen LogP contribution in [0, 0.1) is 0 Å². The normalized spacial score (nSPS) is 13.5. The van der Waals surface area contributed by atoms with E-state index in [1.807, 2.05) is 18.8 Å². The third kappa shape index (κ3) is 6.39. The van der Waals surface area contributed by atoms with E-state index < -0.39 is 0 Å². The average Bonchev–Trinajstić information content (AvgIpc) is 1.98. The molecule has 0 spiro atoms. The van der Waals surface area contributed by atoms with Crippen LogP contribution >= 0.6 is 11.8 Å². The molecule has 3 heteroatoms. The van der Waals surface area contributed by atoms with Crippen LogP contribution in [0.3, 0.4) is 0 Å². The van der Waals surface area contributed by atoms with Crippen molar-refractivity contribution in [1.29, 1.82) is 0 Å². The minimum Gasteiger partial charge on any atom is -0.384 e. The maximum absolute atomic E-state index is 4.92. The number of nitrogens with one attached hydrogen (secondary N) is 1. The van der Waals surface area contributed by atoms with E-state index >= 15 is 0 Å². The fourth-order valence-electron chi connectivity index (χ4n) is 0.486. The largest absolute Gasteiger partial charge is 0.384 e. The van der Waals surface area contributed by atoms with Gasteiger partial charge in [-0.25, -0.2) is 0 Å². The first-order valence-electron chi connectivity index (χ1n) is 3.55. The van der Waals surface area contributed by atoms with E-state index in [2.05, 4.69) is 12.2 Å². The van der Waals surface area contributed by atoms with Crippen molar-refractivity contribution in [3.05, 3.63) is 0 Å². The van der Waals surface area contributed by atoms with Crippen LogP contribution in [0.4, 0.5) is 0 Å². The highest BCUT2D eigenvalue weighted by Gasteiger charge is 1.96. The Balaban J connectivity index is 2.89. The van der Waals surface area contributed by atoms with Crippen molar-refractivity contribution in [2.24, 2.45) is 0 Å². The van der Waals surface area contributed by atoms with Gasteiger partial charge in [-0.1, -0.05) is 0 Å². The Hall–Kier alpha value is 0.270. The molecular weight excluding hydrogens is 146 g/mol. The van der Waals surface area contributed by atoms with Gasteiger partial charge in [0, 0.05) is 24.7 Å². The van der Waals surface area contributed by atoms with Crippen LogP contribution in [0.2, 0.25) is 0 Å². The van der Waals surface area contributed by atoms with Gasteiger partial charge in [0.2, 0.25) is 0 Å². The Morgan fingerprint density at radius 2 is 2.30 bits per heavy atom. The molecule has 0 amide bonds. The molecule has 10 heavy (non-hydrogen) atoms. The Bertz CT molecular complexity index is 70.6. The maximum Gasteiger partial charge on any atom is 0.0552 e. The van der Waals surface area contributed by atoms with Gasteiger partial charge in [-0.3, -0.25) is 0 Å². The molecule has 0 aliphatic carbocycles. The first-order valence-corrected chi connectivity index (χ1v) is 4.70. The molecular formula is C7H17NOS. The molecule has 0 rings (SSSR count). The zero-order valence-corrected chi connectivity index (χ0v) is 7.83. The molecule has 0 heterocycles. The SMILES string of the molecule is CNC(C)CSCCOC. The fourth-order valence-corrected chi connectivity index (χ4v) is 1.46. The average molecular weight is 163 g/mol. The van der Waals surface area contributed by atoms with Gasteiger partial charge < -0.3 is 10.1 Å². The molecule has 0 radical (unpaired) electrons. The smallest absolute Gasteiger partial charge is 0.0552 e. The molecule has 1 N–H and O–H groups in total. The van der Waals surface area contributed by atoms with Gasteiger partial charge in [-0.05, 0) is 14.0 Å². The third-order valence-electron chi connectivity index (χ3n) is 1.29.